The van der Waals surface area contributed by atoms with Gasteiger partial charge in [-0.05, 0) is 42.8 Å². The Morgan fingerprint density at radius 2 is 1.90 bits per heavy atom. The molecule has 2 amide bonds. The summed E-state index contributed by atoms with van der Waals surface area (Å²) in [5, 5.41) is 6.89. The lowest BCUT2D eigenvalue weighted by atomic mass is 10.2. The van der Waals surface area contributed by atoms with E-state index in [1.165, 1.54) is 11.8 Å². The van der Waals surface area contributed by atoms with E-state index in [-0.39, 0.29) is 17.6 Å². The molecule has 0 saturated carbocycles. The van der Waals surface area contributed by atoms with Crippen LogP contribution < -0.4 is 10.6 Å². The average molecular weight is 443 g/mol. The van der Waals surface area contributed by atoms with Gasteiger partial charge in [0.15, 0.2) is 5.16 Å². The monoisotopic (exact) mass is 442 g/mol. The maximum atomic E-state index is 12.3. The molecule has 8 heteroatoms. The van der Waals surface area contributed by atoms with E-state index in [1.807, 2.05) is 35.0 Å². The van der Waals surface area contributed by atoms with E-state index in [9.17, 15) is 9.59 Å². The zero-order valence-electron chi connectivity index (χ0n) is 16.6. The van der Waals surface area contributed by atoms with Crippen molar-refractivity contribution < 1.29 is 9.59 Å². The summed E-state index contributed by atoms with van der Waals surface area (Å²) in [6.07, 6.45) is 5.50. The van der Waals surface area contributed by atoms with Crippen molar-refractivity contribution in [3.05, 3.63) is 71.5 Å². The maximum Gasteiger partial charge on any atom is 0.251 e. The van der Waals surface area contributed by atoms with Crippen LogP contribution in [0.25, 0.3) is 5.69 Å². The average Bonchev–Trinajstić information content (AvgIpc) is 3.23. The highest BCUT2D eigenvalue weighted by atomic mass is 35.5. The van der Waals surface area contributed by atoms with Gasteiger partial charge >= 0.3 is 0 Å². The molecule has 30 heavy (non-hydrogen) atoms. The second kappa shape index (κ2) is 10.8. The van der Waals surface area contributed by atoms with Gasteiger partial charge < -0.3 is 10.6 Å². The van der Waals surface area contributed by atoms with E-state index in [1.54, 1.807) is 30.5 Å². The van der Waals surface area contributed by atoms with Gasteiger partial charge in [0.05, 0.1) is 16.5 Å². The zero-order chi connectivity index (χ0) is 21.3. The number of nitrogens with one attached hydrogen (secondary N) is 2. The Balaban J connectivity index is 1.60. The first-order chi connectivity index (χ1) is 14.6. The second-order valence-electron chi connectivity index (χ2n) is 6.55. The molecular formula is C22H23ClN4O2S. The van der Waals surface area contributed by atoms with Crippen molar-refractivity contribution in [1.29, 1.82) is 0 Å². The van der Waals surface area contributed by atoms with Crippen molar-refractivity contribution in [2.45, 2.75) is 24.9 Å². The summed E-state index contributed by atoms with van der Waals surface area (Å²) in [5.74, 6) is -0.0478. The van der Waals surface area contributed by atoms with E-state index in [0.717, 1.165) is 18.5 Å². The minimum atomic E-state index is -0.165. The lowest BCUT2D eigenvalue weighted by Gasteiger charge is -2.10. The molecule has 0 radical (unpaired) electrons. The number of rotatable bonds is 9. The van der Waals surface area contributed by atoms with Gasteiger partial charge in [-0.3, -0.25) is 14.2 Å². The molecule has 1 heterocycles. The van der Waals surface area contributed by atoms with Gasteiger partial charge in [0.2, 0.25) is 5.91 Å². The highest BCUT2D eigenvalue weighted by Gasteiger charge is 2.11. The minimum Gasteiger partial charge on any atom is -0.352 e. The predicted octanol–water partition coefficient (Wildman–Crippen LogP) is 4.79. The summed E-state index contributed by atoms with van der Waals surface area (Å²) in [6.45, 7) is 2.76. The number of unbranched alkanes of at least 4 members (excludes halogenated alkanes) is 1. The van der Waals surface area contributed by atoms with Gasteiger partial charge in [-0.15, -0.1) is 0 Å². The molecule has 0 aliphatic carbocycles. The molecule has 0 saturated heterocycles. The normalized spacial score (nSPS) is 10.6. The van der Waals surface area contributed by atoms with Gasteiger partial charge in [-0.2, -0.15) is 0 Å². The minimum absolute atomic E-state index is 0.0773. The smallest absolute Gasteiger partial charge is 0.251 e. The number of para-hydroxylation sites is 1. The standard InChI is InChI=1S/C22H23ClN4O2S/c1-2-3-12-24-21(29)16-8-10-17(11-9-16)27-14-13-25-22(27)30-15-20(28)26-19-7-5-4-6-18(19)23/h4-11,13-14H,2-3,12,15H2,1H3,(H,24,29)(H,26,28). The summed E-state index contributed by atoms with van der Waals surface area (Å²) in [6, 6.07) is 14.4. The van der Waals surface area contributed by atoms with E-state index >= 15 is 0 Å². The molecule has 156 valence electrons. The third kappa shape index (κ3) is 5.87. The Morgan fingerprint density at radius 1 is 1.13 bits per heavy atom. The van der Waals surface area contributed by atoms with E-state index in [0.29, 0.717) is 28.0 Å². The fourth-order valence-corrected chi connectivity index (χ4v) is 3.68. The van der Waals surface area contributed by atoms with Crippen molar-refractivity contribution in [1.82, 2.24) is 14.9 Å². The molecule has 0 atom stereocenters. The Labute approximate surface area is 185 Å². The number of anilines is 1. The van der Waals surface area contributed by atoms with Crippen molar-refractivity contribution in [2.75, 3.05) is 17.6 Å². The molecule has 0 bridgehead atoms. The van der Waals surface area contributed by atoms with Gasteiger partial charge in [0.25, 0.3) is 5.91 Å². The van der Waals surface area contributed by atoms with Crippen LogP contribution in [0.2, 0.25) is 5.02 Å². The molecule has 6 nitrogen and oxygen atoms in total. The van der Waals surface area contributed by atoms with Crippen LogP contribution in [0.15, 0.2) is 66.1 Å². The number of amides is 2. The van der Waals surface area contributed by atoms with Crippen LogP contribution in [0.4, 0.5) is 5.69 Å². The highest BCUT2D eigenvalue weighted by molar-refractivity contribution is 7.99. The van der Waals surface area contributed by atoms with Crippen molar-refractivity contribution in [3.63, 3.8) is 0 Å². The zero-order valence-corrected chi connectivity index (χ0v) is 18.2. The quantitative estimate of drug-likeness (QED) is 0.369. The highest BCUT2D eigenvalue weighted by Crippen LogP contribution is 2.23. The van der Waals surface area contributed by atoms with Crippen LogP contribution in [0, 0.1) is 0 Å². The van der Waals surface area contributed by atoms with Gasteiger partial charge in [0.1, 0.15) is 0 Å². The fraction of sp³-hybridized carbons (Fsp3) is 0.227. The maximum absolute atomic E-state index is 12.3. The Kier molecular flexibility index (Phi) is 7.93. The molecule has 3 aromatic rings. The first-order valence-electron chi connectivity index (χ1n) is 9.67. The van der Waals surface area contributed by atoms with Gasteiger partial charge in [-0.25, -0.2) is 4.98 Å². The number of nitrogens with zero attached hydrogens (tertiary/aromatic N) is 2. The molecule has 0 aliphatic rings. The molecule has 0 spiro atoms. The van der Waals surface area contributed by atoms with Gasteiger partial charge in [-0.1, -0.05) is 48.8 Å². The van der Waals surface area contributed by atoms with Gasteiger partial charge in [0, 0.05) is 30.2 Å². The molecule has 2 aromatic carbocycles. The third-order valence-electron chi connectivity index (χ3n) is 4.31. The molecular weight excluding hydrogens is 420 g/mol. The van der Waals surface area contributed by atoms with Crippen LogP contribution in [0.1, 0.15) is 30.1 Å². The molecule has 0 fully saturated rings. The molecule has 1 aromatic heterocycles. The SMILES string of the molecule is CCCCNC(=O)c1ccc(-n2ccnc2SCC(=O)Nc2ccccc2Cl)cc1. The molecule has 0 aliphatic heterocycles. The van der Waals surface area contributed by atoms with Crippen molar-refractivity contribution in [3.8, 4) is 5.69 Å². The summed E-state index contributed by atoms with van der Waals surface area (Å²) in [4.78, 5) is 28.7. The van der Waals surface area contributed by atoms with Crippen molar-refractivity contribution in [2.24, 2.45) is 0 Å². The predicted molar refractivity (Wildman–Crippen MR) is 122 cm³/mol. The number of carbonyl (C=O) groups excluding carboxylic acids is 2. The summed E-state index contributed by atoms with van der Waals surface area (Å²) in [5.41, 5.74) is 2.07. The van der Waals surface area contributed by atoms with Crippen molar-refractivity contribution >= 4 is 40.9 Å². The first-order valence-corrected chi connectivity index (χ1v) is 11.0. The van der Waals surface area contributed by atoms with Crippen LogP contribution in [-0.4, -0.2) is 33.7 Å². The van der Waals surface area contributed by atoms with E-state index < -0.39 is 0 Å². The van der Waals surface area contributed by atoms with Crippen LogP contribution in [0.5, 0.6) is 0 Å². The third-order valence-corrected chi connectivity index (χ3v) is 5.61. The first kappa shape index (κ1) is 21.9. The second-order valence-corrected chi connectivity index (χ2v) is 7.90. The molecule has 0 unspecified atom stereocenters. The summed E-state index contributed by atoms with van der Waals surface area (Å²) < 4.78 is 1.88. The number of thioether (sulfide) groups is 1. The molecule has 3 rings (SSSR count). The number of aromatic nitrogens is 2. The van der Waals surface area contributed by atoms with E-state index in [4.69, 9.17) is 11.6 Å². The number of carbonyl (C=O) groups is 2. The number of benzene rings is 2. The fourth-order valence-electron chi connectivity index (χ4n) is 2.73. The summed E-state index contributed by atoms with van der Waals surface area (Å²) >= 11 is 7.40. The van der Waals surface area contributed by atoms with Crippen LogP contribution >= 0.6 is 23.4 Å². The number of hydrogen-bond donors (Lipinski definition) is 2. The van der Waals surface area contributed by atoms with E-state index in [2.05, 4.69) is 22.5 Å². The van der Waals surface area contributed by atoms with Crippen LogP contribution in [-0.2, 0) is 4.79 Å². The lowest BCUT2D eigenvalue weighted by molar-refractivity contribution is -0.113. The topological polar surface area (TPSA) is 76.0 Å². The largest absolute Gasteiger partial charge is 0.352 e. The molecule has 2 N–H and O–H groups in total. The Morgan fingerprint density at radius 3 is 2.63 bits per heavy atom. The lowest BCUT2D eigenvalue weighted by Crippen LogP contribution is -2.24. The van der Waals surface area contributed by atoms with Crippen LogP contribution in [0.3, 0.4) is 0 Å². The number of hydrogen-bond acceptors (Lipinski definition) is 4. The number of imidazole rings is 1. The number of halogens is 1. The Bertz CT molecular complexity index is 1000. The Hall–Kier alpha value is -2.77. The summed E-state index contributed by atoms with van der Waals surface area (Å²) in [7, 11) is 0.